The molecule has 2 aromatic rings. The van der Waals surface area contributed by atoms with Crippen LogP contribution in [0.4, 0.5) is 0 Å². The van der Waals surface area contributed by atoms with E-state index in [-0.39, 0.29) is 5.91 Å². The lowest BCUT2D eigenvalue weighted by molar-refractivity contribution is -0.119. The molecule has 19 heavy (non-hydrogen) atoms. The van der Waals surface area contributed by atoms with Gasteiger partial charge >= 0.3 is 0 Å². The number of amides is 2. The van der Waals surface area contributed by atoms with Gasteiger partial charge in [0.25, 0.3) is 5.91 Å². The third-order valence-electron chi connectivity index (χ3n) is 3.23. The molecule has 1 aromatic heterocycles. The van der Waals surface area contributed by atoms with Crippen LogP contribution in [0.1, 0.15) is 9.80 Å². The summed E-state index contributed by atoms with van der Waals surface area (Å²) in [7, 11) is 0. The van der Waals surface area contributed by atoms with Crippen molar-refractivity contribution in [2.45, 2.75) is 0 Å². The van der Waals surface area contributed by atoms with Crippen LogP contribution in [0, 0.1) is 0 Å². The van der Waals surface area contributed by atoms with Crippen LogP contribution in [0.15, 0.2) is 24.3 Å². The van der Waals surface area contributed by atoms with Gasteiger partial charge in [-0.05, 0) is 12.1 Å². The molecule has 0 atom stereocenters. The first-order valence-electron chi connectivity index (χ1n) is 6.12. The van der Waals surface area contributed by atoms with Gasteiger partial charge in [0, 0.05) is 26.2 Å². The molecule has 0 spiro atoms. The van der Waals surface area contributed by atoms with E-state index in [9.17, 15) is 9.59 Å². The Kier molecular flexibility index (Phi) is 3.16. The number of benzene rings is 1. The summed E-state index contributed by atoms with van der Waals surface area (Å²) in [6.07, 6.45) is 0.833. The van der Waals surface area contributed by atoms with Crippen LogP contribution in [0.3, 0.4) is 0 Å². The van der Waals surface area contributed by atoms with E-state index in [0.29, 0.717) is 31.2 Å². The fourth-order valence-corrected chi connectivity index (χ4v) is 3.06. The first-order chi connectivity index (χ1) is 9.28. The van der Waals surface area contributed by atoms with Crippen molar-refractivity contribution in [3.63, 3.8) is 0 Å². The smallest absolute Gasteiger partial charge is 0.282 e. The van der Waals surface area contributed by atoms with Crippen molar-refractivity contribution >= 4 is 33.9 Å². The minimum atomic E-state index is -0.0354. The molecular weight excluding hydrogens is 262 g/mol. The zero-order valence-electron chi connectivity index (χ0n) is 10.3. The van der Waals surface area contributed by atoms with Crippen LogP contribution < -0.4 is 0 Å². The highest BCUT2D eigenvalue weighted by Gasteiger charge is 2.23. The van der Waals surface area contributed by atoms with Gasteiger partial charge in [-0.1, -0.05) is 12.1 Å². The van der Waals surface area contributed by atoms with Crippen molar-refractivity contribution in [1.29, 1.82) is 0 Å². The number of aromatic nitrogens is 1. The molecule has 1 aliphatic heterocycles. The molecule has 6 heteroatoms. The zero-order chi connectivity index (χ0) is 13.2. The van der Waals surface area contributed by atoms with Gasteiger partial charge in [-0.15, -0.1) is 11.3 Å². The van der Waals surface area contributed by atoms with E-state index in [1.807, 2.05) is 24.3 Å². The summed E-state index contributed by atoms with van der Waals surface area (Å²) >= 11 is 1.42. The van der Waals surface area contributed by atoms with Gasteiger partial charge in [-0.3, -0.25) is 9.59 Å². The van der Waals surface area contributed by atoms with Gasteiger partial charge < -0.3 is 9.80 Å². The van der Waals surface area contributed by atoms with Gasteiger partial charge in [-0.25, -0.2) is 4.98 Å². The summed E-state index contributed by atoms with van der Waals surface area (Å²) in [4.78, 5) is 30.8. The largest absolute Gasteiger partial charge is 0.342 e. The quantitative estimate of drug-likeness (QED) is 0.774. The first-order valence-corrected chi connectivity index (χ1v) is 6.94. The fraction of sp³-hybridized carbons (Fsp3) is 0.308. The second-order valence-electron chi connectivity index (χ2n) is 4.42. The van der Waals surface area contributed by atoms with Crippen molar-refractivity contribution < 1.29 is 9.59 Å². The lowest BCUT2D eigenvalue weighted by Gasteiger charge is -2.31. The minimum absolute atomic E-state index is 0.0354. The van der Waals surface area contributed by atoms with E-state index in [1.54, 1.807) is 9.80 Å². The van der Waals surface area contributed by atoms with Gasteiger partial charge in [0.2, 0.25) is 6.41 Å². The predicted octanol–water partition coefficient (Wildman–Crippen LogP) is 1.21. The van der Waals surface area contributed by atoms with E-state index < -0.39 is 0 Å². The molecule has 0 N–H and O–H groups in total. The normalized spacial score (nSPS) is 15.8. The molecular formula is C13H13N3O2S. The Morgan fingerprint density at radius 3 is 2.63 bits per heavy atom. The maximum Gasteiger partial charge on any atom is 0.282 e. The van der Waals surface area contributed by atoms with Crippen LogP contribution >= 0.6 is 11.3 Å². The van der Waals surface area contributed by atoms with E-state index in [1.165, 1.54) is 11.3 Å². The lowest BCUT2D eigenvalue weighted by atomic mass is 10.3. The second kappa shape index (κ2) is 4.97. The molecule has 0 bridgehead atoms. The SMILES string of the molecule is O=CN1CCN(C(=O)c2nc3ccccc3s2)CC1. The highest BCUT2D eigenvalue weighted by atomic mass is 32.1. The Balaban J connectivity index is 1.78. The summed E-state index contributed by atoms with van der Waals surface area (Å²) < 4.78 is 1.03. The molecule has 3 rings (SSSR count). The van der Waals surface area contributed by atoms with Crippen LogP contribution in [0.2, 0.25) is 0 Å². The summed E-state index contributed by atoms with van der Waals surface area (Å²) in [5.41, 5.74) is 0.863. The Morgan fingerprint density at radius 2 is 1.95 bits per heavy atom. The topological polar surface area (TPSA) is 53.5 Å². The maximum absolute atomic E-state index is 12.3. The molecule has 0 radical (unpaired) electrons. The number of nitrogens with zero attached hydrogens (tertiary/aromatic N) is 3. The van der Waals surface area contributed by atoms with Gasteiger partial charge in [0.1, 0.15) is 0 Å². The number of hydrogen-bond donors (Lipinski definition) is 0. The Bertz CT molecular complexity index is 584. The summed E-state index contributed by atoms with van der Waals surface area (Å²) in [5, 5.41) is 0.528. The molecule has 0 saturated carbocycles. The van der Waals surface area contributed by atoms with E-state index in [0.717, 1.165) is 16.6 Å². The highest BCUT2D eigenvalue weighted by molar-refractivity contribution is 7.20. The third kappa shape index (κ3) is 2.31. The van der Waals surface area contributed by atoms with Crippen molar-refractivity contribution in [2.75, 3.05) is 26.2 Å². The molecule has 1 fully saturated rings. The van der Waals surface area contributed by atoms with E-state index in [2.05, 4.69) is 4.98 Å². The molecule has 98 valence electrons. The summed E-state index contributed by atoms with van der Waals surface area (Å²) in [5.74, 6) is -0.0354. The number of piperazine rings is 1. The van der Waals surface area contributed by atoms with E-state index >= 15 is 0 Å². The van der Waals surface area contributed by atoms with Crippen LogP contribution in [-0.2, 0) is 4.79 Å². The van der Waals surface area contributed by atoms with Gasteiger partial charge in [0.15, 0.2) is 5.01 Å². The monoisotopic (exact) mass is 275 g/mol. The predicted molar refractivity (Wildman–Crippen MR) is 73.2 cm³/mol. The van der Waals surface area contributed by atoms with Crippen molar-refractivity contribution in [2.24, 2.45) is 0 Å². The third-order valence-corrected chi connectivity index (χ3v) is 4.25. The molecule has 5 nitrogen and oxygen atoms in total. The molecule has 1 aliphatic rings. The van der Waals surface area contributed by atoms with Crippen LogP contribution in [-0.4, -0.2) is 53.3 Å². The Labute approximate surface area is 114 Å². The number of thiazole rings is 1. The average molecular weight is 275 g/mol. The van der Waals surface area contributed by atoms with Crippen molar-refractivity contribution in [3.8, 4) is 0 Å². The number of fused-ring (bicyclic) bond motifs is 1. The number of hydrogen-bond acceptors (Lipinski definition) is 4. The molecule has 0 unspecified atom stereocenters. The fourth-order valence-electron chi connectivity index (χ4n) is 2.13. The van der Waals surface area contributed by atoms with Crippen molar-refractivity contribution in [3.05, 3.63) is 29.3 Å². The summed E-state index contributed by atoms with van der Waals surface area (Å²) in [6.45, 7) is 2.35. The minimum Gasteiger partial charge on any atom is -0.342 e. The zero-order valence-corrected chi connectivity index (χ0v) is 11.1. The summed E-state index contributed by atoms with van der Waals surface area (Å²) in [6, 6.07) is 7.73. The van der Waals surface area contributed by atoms with E-state index in [4.69, 9.17) is 0 Å². The maximum atomic E-state index is 12.3. The number of para-hydroxylation sites is 1. The highest BCUT2D eigenvalue weighted by Crippen LogP contribution is 2.22. The van der Waals surface area contributed by atoms with Crippen LogP contribution in [0.25, 0.3) is 10.2 Å². The molecule has 0 aliphatic carbocycles. The first kappa shape index (κ1) is 12.1. The van der Waals surface area contributed by atoms with Crippen molar-refractivity contribution in [1.82, 2.24) is 14.8 Å². The number of carbonyl (C=O) groups is 2. The number of carbonyl (C=O) groups excluding carboxylic acids is 2. The van der Waals surface area contributed by atoms with Gasteiger partial charge in [0.05, 0.1) is 10.2 Å². The molecule has 2 heterocycles. The average Bonchev–Trinajstić information content (AvgIpc) is 2.90. The van der Waals surface area contributed by atoms with Crippen LogP contribution in [0.5, 0.6) is 0 Å². The standard InChI is InChI=1S/C13H13N3O2S/c17-9-15-5-7-16(8-6-15)13(18)12-14-10-3-1-2-4-11(10)19-12/h1-4,9H,5-8H2. The second-order valence-corrected chi connectivity index (χ2v) is 5.45. The van der Waals surface area contributed by atoms with Gasteiger partial charge in [-0.2, -0.15) is 0 Å². The molecule has 2 amide bonds. The molecule has 1 saturated heterocycles. The number of rotatable bonds is 2. The molecule has 1 aromatic carbocycles. The lowest BCUT2D eigenvalue weighted by Crippen LogP contribution is -2.48. The Hall–Kier alpha value is -1.95. The Morgan fingerprint density at radius 1 is 1.21 bits per heavy atom.